The monoisotopic (exact) mass is 544 g/mol. The average Bonchev–Trinajstić information content (AvgIpc) is 3.31. The lowest BCUT2D eigenvalue weighted by atomic mass is 9.71. The Kier molecular flexibility index (Phi) is 5.79. The third kappa shape index (κ3) is 3.53. The SMILES string of the molecule is CCC1(CC)c2cc(F)ccc2-c2c1c1c(c3cc(F)ccc23)OC(c2ccccc2)(c2ccc(OC)cc2)C=C1. The minimum atomic E-state index is -0.952. The summed E-state index contributed by atoms with van der Waals surface area (Å²) < 4.78 is 42.3. The third-order valence-electron chi connectivity index (χ3n) is 9.18. The van der Waals surface area contributed by atoms with Crippen molar-refractivity contribution < 1.29 is 18.3 Å². The van der Waals surface area contributed by atoms with E-state index < -0.39 is 11.0 Å². The highest BCUT2D eigenvalue weighted by molar-refractivity contribution is 6.08. The minimum absolute atomic E-state index is 0.249. The summed E-state index contributed by atoms with van der Waals surface area (Å²) in [4.78, 5) is 0. The van der Waals surface area contributed by atoms with Crippen LogP contribution in [0.3, 0.4) is 0 Å². The van der Waals surface area contributed by atoms with Gasteiger partial charge in [0.2, 0.25) is 0 Å². The summed E-state index contributed by atoms with van der Waals surface area (Å²) in [7, 11) is 1.65. The van der Waals surface area contributed by atoms with Crippen LogP contribution in [0.15, 0.2) is 97.1 Å². The third-order valence-corrected chi connectivity index (χ3v) is 9.18. The van der Waals surface area contributed by atoms with Crippen LogP contribution in [0.25, 0.3) is 28.0 Å². The Bertz CT molecular complexity index is 1840. The Hall–Kier alpha value is -4.44. The zero-order chi connectivity index (χ0) is 28.4. The Morgan fingerprint density at radius 2 is 1.44 bits per heavy atom. The molecule has 0 saturated heterocycles. The van der Waals surface area contributed by atoms with Gasteiger partial charge in [0.1, 0.15) is 23.1 Å². The van der Waals surface area contributed by atoms with Crippen LogP contribution < -0.4 is 9.47 Å². The second-order valence-electron chi connectivity index (χ2n) is 10.9. The highest BCUT2D eigenvalue weighted by Gasteiger charge is 2.47. The molecule has 0 saturated carbocycles. The standard InChI is InChI=1S/C37H30F2O2/c1-4-36(5-2)32-22-26(39)14-18-29(32)33-28-17-13-25(38)21-31(28)35-30(34(33)36)19-20-37(41-35,23-9-7-6-8-10-23)24-11-15-27(40-3)16-12-24/h6-22H,4-5H2,1-3H3. The van der Waals surface area contributed by atoms with Gasteiger partial charge in [-0.2, -0.15) is 0 Å². The van der Waals surface area contributed by atoms with Crippen molar-refractivity contribution in [1.82, 2.24) is 0 Å². The highest BCUT2D eigenvalue weighted by Crippen LogP contribution is 2.60. The molecule has 7 rings (SSSR count). The fourth-order valence-corrected chi connectivity index (χ4v) is 7.14. The summed E-state index contributed by atoms with van der Waals surface area (Å²) in [5, 5.41) is 1.61. The largest absolute Gasteiger partial charge is 0.497 e. The number of halogens is 2. The molecule has 1 aliphatic carbocycles. The highest BCUT2D eigenvalue weighted by atomic mass is 19.1. The van der Waals surface area contributed by atoms with Gasteiger partial charge in [-0.25, -0.2) is 8.78 Å². The van der Waals surface area contributed by atoms with Crippen LogP contribution in [0.1, 0.15) is 54.5 Å². The first kappa shape index (κ1) is 25.5. The maximum absolute atomic E-state index is 15.0. The van der Waals surface area contributed by atoms with Crippen molar-refractivity contribution in [2.45, 2.75) is 37.7 Å². The number of benzene rings is 5. The van der Waals surface area contributed by atoms with Crippen molar-refractivity contribution in [2.75, 3.05) is 7.11 Å². The predicted octanol–water partition coefficient (Wildman–Crippen LogP) is 9.56. The van der Waals surface area contributed by atoms with Crippen molar-refractivity contribution in [2.24, 2.45) is 0 Å². The molecule has 0 bridgehead atoms. The zero-order valence-corrected chi connectivity index (χ0v) is 23.3. The molecule has 204 valence electrons. The van der Waals surface area contributed by atoms with E-state index in [1.54, 1.807) is 19.2 Å². The van der Waals surface area contributed by atoms with Gasteiger partial charge in [-0.3, -0.25) is 0 Å². The molecule has 0 aromatic heterocycles. The molecule has 0 amide bonds. The molecule has 1 heterocycles. The van der Waals surface area contributed by atoms with E-state index in [-0.39, 0.29) is 11.6 Å². The topological polar surface area (TPSA) is 18.5 Å². The molecule has 4 heteroatoms. The fraction of sp³-hybridized carbons (Fsp3) is 0.189. The van der Waals surface area contributed by atoms with Crippen LogP contribution in [0.2, 0.25) is 0 Å². The van der Waals surface area contributed by atoms with E-state index >= 15 is 0 Å². The molecule has 0 spiro atoms. The maximum atomic E-state index is 15.0. The van der Waals surface area contributed by atoms with Gasteiger partial charge in [0.15, 0.2) is 5.60 Å². The van der Waals surface area contributed by atoms with E-state index in [1.165, 1.54) is 12.1 Å². The molecule has 0 radical (unpaired) electrons. The molecule has 5 aromatic rings. The number of ether oxygens (including phenoxy) is 2. The van der Waals surface area contributed by atoms with Crippen molar-refractivity contribution in [1.29, 1.82) is 0 Å². The lowest BCUT2D eigenvalue weighted by Gasteiger charge is -2.39. The van der Waals surface area contributed by atoms with Gasteiger partial charge >= 0.3 is 0 Å². The zero-order valence-electron chi connectivity index (χ0n) is 23.3. The summed E-state index contributed by atoms with van der Waals surface area (Å²) >= 11 is 0. The van der Waals surface area contributed by atoms with Crippen LogP contribution in [0, 0.1) is 11.6 Å². The summed E-state index contributed by atoms with van der Waals surface area (Å²) in [6, 6.07) is 28.0. The number of fused-ring (bicyclic) bond motifs is 8. The van der Waals surface area contributed by atoms with Gasteiger partial charge in [0.25, 0.3) is 0 Å². The molecular weight excluding hydrogens is 514 g/mol. The minimum Gasteiger partial charge on any atom is -0.497 e. The van der Waals surface area contributed by atoms with Crippen molar-refractivity contribution in [3.63, 3.8) is 0 Å². The van der Waals surface area contributed by atoms with Gasteiger partial charge in [-0.1, -0.05) is 74.5 Å². The predicted molar refractivity (Wildman–Crippen MR) is 161 cm³/mol. The normalized spacial score (nSPS) is 18.0. The van der Waals surface area contributed by atoms with Gasteiger partial charge in [-0.05, 0) is 83.0 Å². The van der Waals surface area contributed by atoms with E-state index in [4.69, 9.17) is 9.47 Å². The Balaban J connectivity index is 1.58. The first-order chi connectivity index (χ1) is 20.0. The Morgan fingerprint density at radius 1 is 0.756 bits per heavy atom. The molecule has 1 unspecified atom stereocenters. The summed E-state index contributed by atoms with van der Waals surface area (Å²) in [5.74, 6) is 0.812. The van der Waals surface area contributed by atoms with Crippen LogP contribution in [0.4, 0.5) is 8.78 Å². The van der Waals surface area contributed by atoms with Crippen LogP contribution in [0.5, 0.6) is 11.5 Å². The molecule has 0 N–H and O–H groups in total. The first-order valence-electron chi connectivity index (χ1n) is 14.1. The molecule has 0 fully saturated rings. The van der Waals surface area contributed by atoms with Crippen molar-refractivity contribution in [3.8, 4) is 22.6 Å². The van der Waals surface area contributed by atoms with E-state index in [9.17, 15) is 8.78 Å². The summed E-state index contributed by atoms with van der Waals surface area (Å²) in [6.07, 6.45) is 5.84. The second-order valence-corrected chi connectivity index (χ2v) is 10.9. The number of hydrogen-bond acceptors (Lipinski definition) is 2. The molecular formula is C37H30F2O2. The van der Waals surface area contributed by atoms with Gasteiger partial charge in [-0.15, -0.1) is 0 Å². The number of rotatable bonds is 5. The van der Waals surface area contributed by atoms with Crippen LogP contribution >= 0.6 is 0 Å². The smallest absolute Gasteiger partial charge is 0.178 e. The lowest BCUT2D eigenvalue weighted by Crippen LogP contribution is -2.35. The molecule has 41 heavy (non-hydrogen) atoms. The lowest BCUT2D eigenvalue weighted by molar-refractivity contribution is 0.163. The van der Waals surface area contributed by atoms with Crippen molar-refractivity contribution in [3.05, 3.63) is 137 Å². The van der Waals surface area contributed by atoms with Crippen LogP contribution in [-0.4, -0.2) is 7.11 Å². The first-order valence-corrected chi connectivity index (χ1v) is 14.1. The average molecular weight is 545 g/mol. The molecule has 2 aliphatic rings. The number of methoxy groups -OCH3 is 1. The van der Waals surface area contributed by atoms with Gasteiger partial charge in [0.05, 0.1) is 7.11 Å². The fourth-order valence-electron chi connectivity index (χ4n) is 7.14. The Labute approximate surface area is 238 Å². The second kappa shape index (κ2) is 9.31. The molecule has 2 nitrogen and oxygen atoms in total. The quantitative estimate of drug-likeness (QED) is 0.219. The molecule has 5 aromatic carbocycles. The molecule has 1 aliphatic heterocycles. The van der Waals surface area contributed by atoms with E-state index in [0.29, 0.717) is 11.1 Å². The van der Waals surface area contributed by atoms with E-state index in [2.05, 4.69) is 38.1 Å². The van der Waals surface area contributed by atoms with E-state index in [1.807, 2.05) is 54.6 Å². The summed E-state index contributed by atoms with van der Waals surface area (Å²) in [5.41, 5.74) is 5.63. The van der Waals surface area contributed by atoms with Crippen LogP contribution in [-0.2, 0) is 11.0 Å². The molecule has 1 atom stereocenters. The van der Waals surface area contributed by atoms with Gasteiger partial charge in [0, 0.05) is 27.5 Å². The van der Waals surface area contributed by atoms with Gasteiger partial charge < -0.3 is 9.47 Å². The Morgan fingerprint density at radius 3 is 2.15 bits per heavy atom. The summed E-state index contributed by atoms with van der Waals surface area (Å²) in [6.45, 7) is 4.32. The van der Waals surface area contributed by atoms with Crippen molar-refractivity contribution >= 4 is 16.8 Å². The number of hydrogen-bond donors (Lipinski definition) is 0. The van der Waals surface area contributed by atoms with E-state index in [0.717, 1.165) is 62.9 Å². The maximum Gasteiger partial charge on any atom is 0.178 e.